The van der Waals surface area contributed by atoms with Gasteiger partial charge in [0.15, 0.2) is 5.82 Å². The first-order valence-corrected chi connectivity index (χ1v) is 14.5. The van der Waals surface area contributed by atoms with Gasteiger partial charge in [-0.1, -0.05) is 42.0 Å². The molecule has 8 nitrogen and oxygen atoms in total. The number of ether oxygens (including phenoxy) is 1. The summed E-state index contributed by atoms with van der Waals surface area (Å²) in [6.07, 6.45) is 1.89. The van der Waals surface area contributed by atoms with Crippen LogP contribution in [0.25, 0.3) is 17.1 Å². The molecule has 2 aromatic heterocycles. The van der Waals surface area contributed by atoms with Crippen LogP contribution in [0.2, 0.25) is 0 Å². The molecule has 0 atom stereocenters. The van der Waals surface area contributed by atoms with E-state index in [0.29, 0.717) is 35.4 Å². The van der Waals surface area contributed by atoms with E-state index in [2.05, 4.69) is 34.3 Å². The van der Waals surface area contributed by atoms with Crippen molar-refractivity contribution in [3.05, 3.63) is 94.8 Å². The number of carboxylic acid groups (broad SMARTS) is 1. The summed E-state index contributed by atoms with van der Waals surface area (Å²) >= 11 is 0. The maximum atomic E-state index is 13.8. The van der Waals surface area contributed by atoms with Crippen molar-refractivity contribution < 1.29 is 28.2 Å². The standard InChI is InChI=1S/C33H32F2N4O4/c1-20-5-12-28(25(17-20)27-3-2-4-29(37-27)39-30(31(34)35)26(18-36-39)33(41)42)43-19-21-6-8-22(9-7-21)23-13-15-38(16-14-23)32(40)24-10-11-24/h2-9,12,17-18,23-24,31H,10-11,13-16,19H2,1H3,(H,41,42). The second-order valence-corrected chi connectivity index (χ2v) is 11.2. The van der Waals surface area contributed by atoms with Crippen LogP contribution in [0, 0.1) is 12.8 Å². The summed E-state index contributed by atoms with van der Waals surface area (Å²) in [5.74, 6) is 0.207. The fraction of sp³-hybridized carbons (Fsp3) is 0.333. The van der Waals surface area contributed by atoms with Gasteiger partial charge < -0.3 is 14.7 Å². The Morgan fingerprint density at radius 3 is 2.44 bits per heavy atom. The highest BCUT2D eigenvalue weighted by molar-refractivity contribution is 5.89. The molecule has 2 aromatic carbocycles. The molecule has 1 saturated carbocycles. The van der Waals surface area contributed by atoms with Gasteiger partial charge in [-0.05, 0) is 73.9 Å². The number of nitrogens with zero attached hydrogens (tertiary/aromatic N) is 4. The lowest BCUT2D eigenvalue weighted by Gasteiger charge is -2.32. The Bertz CT molecular complexity index is 1640. The van der Waals surface area contributed by atoms with E-state index in [-0.39, 0.29) is 11.7 Å². The molecule has 43 heavy (non-hydrogen) atoms. The molecule has 2 fully saturated rings. The fourth-order valence-electron chi connectivity index (χ4n) is 5.65. The third kappa shape index (κ3) is 6.14. The van der Waals surface area contributed by atoms with Crippen LogP contribution in [-0.2, 0) is 11.4 Å². The van der Waals surface area contributed by atoms with E-state index in [1.54, 1.807) is 12.1 Å². The number of aromatic nitrogens is 3. The van der Waals surface area contributed by atoms with Crippen LogP contribution in [-0.4, -0.2) is 49.7 Å². The van der Waals surface area contributed by atoms with Gasteiger partial charge in [-0.3, -0.25) is 4.79 Å². The van der Waals surface area contributed by atoms with Gasteiger partial charge in [-0.25, -0.2) is 23.2 Å². The normalized spacial score (nSPS) is 15.6. The molecule has 4 aromatic rings. The highest BCUT2D eigenvalue weighted by atomic mass is 19.3. The highest BCUT2D eigenvalue weighted by Gasteiger charge is 2.35. The minimum Gasteiger partial charge on any atom is -0.488 e. The van der Waals surface area contributed by atoms with E-state index < -0.39 is 23.7 Å². The molecule has 0 radical (unpaired) electrons. The molecule has 222 valence electrons. The van der Waals surface area contributed by atoms with Gasteiger partial charge in [-0.2, -0.15) is 5.10 Å². The van der Waals surface area contributed by atoms with Gasteiger partial charge in [0.2, 0.25) is 5.91 Å². The van der Waals surface area contributed by atoms with Gasteiger partial charge in [0.05, 0.1) is 11.9 Å². The van der Waals surface area contributed by atoms with Crippen LogP contribution < -0.4 is 4.74 Å². The first-order valence-electron chi connectivity index (χ1n) is 14.5. The molecule has 1 saturated heterocycles. The minimum atomic E-state index is -3.05. The lowest BCUT2D eigenvalue weighted by atomic mass is 9.89. The van der Waals surface area contributed by atoms with E-state index >= 15 is 0 Å². The lowest BCUT2D eigenvalue weighted by molar-refractivity contribution is -0.133. The summed E-state index contributed by atoms with van der Waals surface area (Å²) < 4.78 is 34.7. The van der Waals surface area contributed by atoms with Gasteiger partial charge in [-0.15, -0.1) is 0 Å². The molecule has 1 amide bonds. The molecule has 1 aliphatic heterocycles. The quantitative estimate of drug-likeness (QED) is 0.238. The Balaban J connectivity index is 1.16. The van der Waals surface area contributed by atoms with Crippen molar-refractivity contribution in [2.75, 3.05) is 13.1 Å². The van der Waals surface area contributed by atoms with Gasteiger partial charge in [0.1, 0.15) is 23.6 Å². The van der Waals surface area contributed by atoms with Gasteiger partial charge in [0.25, 0.3) is 6.43 Å². The van der Waals surface area contributed by atoms with Crippen LogP contribution in [0.15, 0.2) is 66.9 Å². The molecule has 3 heterocycles. The van der Waals surface area contributed by atoms with E-state index in [1.165, 1.54) is 11.6 Å². The number of piperidine rings is 1. The van der Waals surface area contributed by atoms with E-state index in [0.717, 1.165) is 60.8 Å². The second-order valence-electron chi connectivity index (χ2n) is 11.2. The van der Waals surface area contributed by atoms with Crippen molar-refractivity contribution in [1.82, 2.24) is 19.7 Å². The van der Waals surface area contributed by atoms with Crippen molar-refractivity contribution in [3.8, 4) is 22.8 Å². The minimum absolute atomic E-state index is 0.0751. The zero-order valence-electron chi connectivity index (χ0n) is 23.7. The number of rotatable bonds is 9. The third-order valence-corrected chi connectivity index (χ3v) is 8.18. The van der Waals surface area contributed by atoms with Gasteiger partial charge in [0, 0.05) is 24.6 Å². The molecular formula is C33H32F2N4O4. The number of hydrogen-bond acceptors (Lipinski definition) is 5. The van der Waals surface area contributed by atoms with Crippen LogP contribution in [0.3, 0.4) is 0 Å². The maximum Gasteiger partial charge on any atom is 0.339 e. The van der Waals surface area contributed by atoms with E-state index in [4.69, 9.17) is 4.74 Å². The molecule has 6 rings (SSSR count). The van der Waals surface area contributed by atoms with Crippen molar-refractivity contribution >= 4 is 11.9 Å². The van der Waals surface area contributed by atoms with Gasteiger partial charge >= 0.3 is 5.97 Å². The number of aromatic carboxylic acids is 1. The number of carboxylic acids is 1. The monoisotopic (exact) mass is 586 g/mol. The Labute approximate surface area is 247 Å². The number of benzene rings is 2. The second kappa shape index (κ2) is 11.9. The fourth-order valence-corrected chi connectivity index (χ4v) is 5.65. The summed E-state index contributed by atoms with van der Waals surface area (Å²) in [7, 11) is 0. The number of amides is 1. The molecule has 0 unspecified atom stereocenters. The lowest BCUT2D eigenvalue weighted by Crippen LogP contribution is -2.38. The third-order valence-electron chi connectivity index (χ3n) is 8.18. The number of pyridine rings is 1. The predicted octanol–water partition coefficient (Wildman–Crippen LogP) is 6.57. The molecule has 0 bridgehead atoms. The number of hydrogen-bond donors (Lipinski definition) is 1. The average Bonchev–Trinajstić information content (AvgIpc) is 3.77. The Morgan fingerprint density at radius 2 is 1.77 bits per heavy atom. The first-order chi connectivity index (χ1) is 20.8. The topological polar surface area (TPSA) is 97.6 Å². The van der Waals surface area contributed by atoms with Crippen molar-refractivity contribution in [3.63, 3.8) is 0 Å². The summed E-state index contributed by atoms with van der Waals surface area (Å²) in [6, 6.07) is 19.0. The van der Waals surface area contributed by atoms with Crippen LogP contribution >= 0.6 is 0 Å². The Kier molecular flexibility index (Phi) is 7.92. The number of alkyl halides is 2. The molecule has 1 aliphatic carbocycles. The molecule has 10 heteroatoms. The number of carbonyl (C=O) groups excluding carboxylic acids is 1. The number of carbonyl (C=O) groups is 2. The Hall–Kier alpha value is -4.60. The van der Waals surface area contributed by atoms with Crippen molar-refractivity contribution in [1.29, 1.82) is 0 Å². The number of halogens is 2. The molecule has 0 spiro atoms. The Morgan fingerprint density at radius 1 is 1.02 bits per heavy atom. The number of likely N-dealkylation sites (tertiary alicyclic amines) is 1. The SMILES string of the molecule is Cc1ccc(OCc2ccc(C3CCN(C(=O)C4CC4)CC3)cc2)c(-c2cccc(-n3ncc(C(=O)O)c3C(F)F)n2)c1. The highest BCUT2D eigenvalue weighted by Crippen LogP contribution is 2.35. The molecule has 1 N–H and O–H groups in total. The summed E-state index contributed by atoms with van der Waals surface area (Å²) in [4.78, 5) is 30.4. The van der Waals surface area contributed by atoms with Crippen LogP contribution in [0.5, 0.6) is 5.75 Å². The van der Waals surface area contributed by atoms with Crippen molar-refractivity contribution in [2.45, 2.75) is 51.6 Å². The number of aryl methyl sites for hydroxylation is 1. The summed E-state index contributed by atoms with van der Waals surface area (Å²) in [5.41, 5.74) is 3.09. The van der Waals surface area contributed by atoms with Crippen LogP contribution in [0.1, 0.15) is 70.8 Å². The smallest absolute Gasteiger partial charge is 0.339 e. The molecular weight excluding hydrogens is 554 g/mol. The zero-order chi connectivity index (χ0) is 30.1. The first kappa shape index (κ1) is 28.5. The summed E-state index contributed by atoms with van der Waals surface area (Å²) in [6.45, 7) is 3.90. The largest absolute Gasteiger partial charge is 0.488 e. The van der Waals surface area contributed by atoms with Crippen LogP contribution in [0.4, 0.5) is 8.78 Å². The summed E-state index contributed by atoms with van der Waals surface area (Å²) in [5, 5.41) is 13.2. The molecule has 2 aliphatic rings. The van der Waals surface area contributed by atoms with E-state index in [9.17, 15) is 23.5 Å². The van der Waals surface area contributed by atoms with Crippen molar-refractivity contribution in [2.24, 2.45) is 5.92 Å². The van der Waals surface area contributed by atoms with E-state index in [1.807, 2.05) is 30.0 Å². The average molecular weight is 587 g/mol. The zero-order valence-corrected chi connectivity index (χ0v) is 23.7. The maximum absolute atomic E-state index is 13.8. The predicted molar refractivity (Wildman–Crippen MR) is 156 cm³/mol.